The molecule has 0 unspecified atom stereocenters. The van der Waals surface area contributed by atoms with E-state index in [-0.39, 0.29) is 11.7 Å². The van der Waals surface area contributed by atoms with Crippen LogP contribution in [0, 0.1) is 17.1 Å². The highest BCUT2D eigenvalue weighted by atomic mass is 19.1. The minimum absolute atomic E-state index is 0.259. The minimum Gasteiger partial charge on any atom is -0.444 e. The Bertz CT molecular complexity index is 818. The molecule has 1 aromatic heterocycles. The van der Waals surface area contributed by atoms with E-state index in [1.165, 1.54) is 12.3 Å². The molecule has 0 radical (unpaired) electrons. The fraction of sp³-hybridized carbons (Fsp3) is 0.0588. The van der Waals surface area contributed by atoms with Crippen LogP contribution >= 0.6 is 0 Å². The van der Waals surface area contributed by atoms with Gasteiger partial charge in [-0.1, -0.05) is 12.1 Å². The molecule has 3 aromatic rings. The van der Waals surface area contributed by atoms with Gasteiger partial charge in [0.2, 0.25) is 5.89 Å². The standard InChI is InChI=1S/C17H12FN3O/c18-16-4-2-1-3-15(16)17-21-14(11-22-17)10-20-13-7-5-12(9-19)6-8-13/h1-8,11,20H,10H2. The summed E-state index contributed by atoms with van der Waals surface area (Å²) in [6.07, 6.45) is 1.50. The highest BCUT2D eigenvalue weighted by Crippen LogP contribution is 2.22. The molecule has 0 atom stereocenters. The molecule has 108 valence electrons. The zero-order chi connectivity index (χ0) is 15.4. The van der Waals surface area contributed by atoms with Crippen LogP contribution in [0.2, 0.25) is 0 Å². The van der Waals surface area contributed by atoms with Crippen molar-refractivity contribution in [1.29, 1.82) is 5.26 Å². The maximum absolute atomic E-state index is 13.7. The normalized spacial score (nSPS) is 10.2. The van der Waals surface area contributed by atoms with Gasteiger partial charge in [0.1, 0.15) is 12.1 Å². The second-order valence-corrected chi connectivity index (χ2v) is 4.67. The smallest absolute Gasteiger partial charge is 0.229 e. The van der Waals surface area contributed by atoms with Crippen LogP contribution in [0.15, 0.2) is 59.2 Å². The van der Waals surface area contributed by atoms with Gasteiger partial charge >= 0.3 is 0 Å². The Labute approximate surface area is 126 Å². The van der Waals surface area contributed by atoms with Crippen LogP contribution < -0.4 is 5.32 Å². The van der Waals surface area contributed by atoms with Crippen molar-refractivity contribution >= 4 is 5.69 Å². The molecule has 0 saturated heterocycles. The number of nitrogens with one attached hydrogen (secondary N) is 1. The Morgan fingerprint density at radius 2 is 1.91 bits per heavy atom. The molecule has 22 heavy (non-hydrogen) atoms. The summed E-state index contributed by atoms with van der Waals surface area (Å²) >= 11 is 0. The fourth-order valence-electron chi connectivity index (χ4n) is 2.00. The van der Waals surface area contributed by atoms with E-state index < -0.39 is 0 Å². The largest absolute Gasteiger partial charge is 0.444 e. The maximum atomic E-state index is 13.7. The minimum atomic E-state index is -0.365. The molecular formula is C17H12FN3O. The SMILES string of the molecule is N#Cc1ccc(NCc2coc(-c3ccccc3F)n2)cc1. The van der Waals surface area contributed by atoms with Gasteiger partial charge in [-0.15, -0.1) is 0 Å². The van der Waals surface area contributed by atoms with Crippen molar-refractivity contribution in [1.82, 2.24) is 4.98 Å². The number of nitrogens with zero attached hydrogens (tertiary/aromatic N) is 2. The van der Waals surface area contributed by atoms with Crippen LogP contribution in [0.25, 0.3) is 11.5 Å². The molecule has 4 nitrogen and oxygen atoms in total. The van der Waals surface area contributed by atoms with E-state index in [1.807, 2.05) is 12.1 Å². The molecule has 1 N–H and O–H groups in total. The average molecular weight is 293 g/mol. The second kappa shape index (κ2) is 6.10. The number of halogens is 1. The lowest BCUT2D eigenvalue weighted by atomic mass is 10.2. The number of benzene rings is 2. The Hall–Kier alpha value is -3.13. The monoisotopic (exact) mass is 293 g/mol. The number of oxazole rings is 1. The first kappa shape index (κ1) is 13.8. The number of nitriles is 1. The molecule has 5 heteroatoms. The van der Waals surface area contributed by atoms with Crippen molar-refractivity contribution in [3.05, 3.63) is 71.9 Å². The molecule has 2 aromatic carbocycles. The number of rotatable bonds is 4. The summed E-state index contributed by atoms with van der Waals surface area (Å²) in [4.78, 5) is 4.27. The molecule has 0 aliphatic carbocycles. The molecular weight excluding hydrogens is 281 g/mol. The Kier molecular flexibility index (Phi) is 3.84. The van der Waals surface area contributed by atoms with Gasteiger partial charge in [0.05, 0.1) is 29.4 Å². The molecule has 3 rings (SSSR count). The van der Waals surface area contributed by atoms with Crippen molar-refractivity contribution in [2.45, 2.75) is 6.54 Å². The van der Waals surface area contributed by atoms with Crippen molar-refractivity contribution in [2.24, 2.45) is 0 Å². The quantitative estimate of drug-likeness (QED) is 0.790. The number of hydrogen-bond donors (Lipinski definition) is 1. The first-order valence-corrected chi connectivity index (χ1v) is 6.69. The zero-order valence-electron chi connectivity index (χ0n) is 11.6. The third-order valence-corrected chi connectivity index (χ3v) is 3.14. The molecule has 0 spiro atoms. The van der Waals surface area contributed by atoms with Gasteiger partial charge in [-0.2, -0.15) is 5.26 Å². The lowest BCUT2D eigenvalue weighted by Crippen LogP contribution is -1.99. The predicted octanol–water partition coefficient (Wildman–Crippen LogP) is 3.96. The lowest BCUT2D eigenvalue weighted by Gasteiger charge is -2.03. The van der Waals surface area contributed by atoms with E-state index >= 15 is 0 Å². The van der Waals surface area contributed by atoms with Crippen molar-refractivity contribution in [3.63, 3.8) is 0 Å². The summed E-state index contributed by atoms with van der Waals surface area (Å²) in [6.45, 7) is 0.448. The topological polar surface area (TPSA) is 61.9 Å². The Morgan fingerprint density at radius 1 is 1.14 bits per heavy atom. The van der Waals surface area contributed by atoms with Gasteiger partial charge in [-0.25, -0.2) is 9.37 Å². The van der Waals surface area contributed by atoms with Gasteiger partial charge in [0.25, 0.3) is 0 Å². The van der Waals surface area contributed by atoms with Crippen LogP contribution in [0.1, 0.15) is 11.3 Å². The van der Waals surface area contributed by atoms with E-state index in [4.69, 9.17) is 9.68 Å². The molecule has 0 fully saturated rings. The summed E-state index contributed by atoms with van der Waals surface area (Å²) in [6, 6.07) is 15.5. The highest BCUT2D eigenvalue weighted by molar-refractivity contribution is 5.54. The van der Waals surface area contributed by atoms with Gasteiger partial charge < -0.3 is 9.73 Å². The number of anilines is 1. The summed E-state index contributed by atoms with van der Waals surface area (Å²) < 4.78 is 19.0. The zero-order valence-corrected chi connectivity index (χ0v) is 11.6. The highest BCUT2D eigenvalue weighted by Gasteiger charge is 2.10. The van der Waals surface area contributed by atoms with Crippen LogP contribution in [0.3, 0.4) is 0 Å². The Balaban J connectivity index is 1.69. The molecule has 0 amide bonds. The van der Waals surface area contributed by atoms with Crippen molar-refractivity contribution in [3.8, 4) is 17.5 Å². The third kappa shape index (κ3) is 2.96. The van der Waals surface area contributed by atoms with E-state index in [2.05, 4.69) is 16.4 Å². The Morgan fingerprint density at radius 3 is 2.64 bits per heavy atom. The van der Waals surface area contributed by atoms with E-state index in [1.54, 1.807) is 30.3 Å². The average Bonchev–Trinajstić information content (AvgIpc) is 3.02. The number of hydrogen-bond acceptors (Lipinski definition) is 4. The summed E-state index contributed by atoms with van der Waals surface area (Å²) in [5.41, 5.74) is 2.48. The fourth-order valence-corrected chi connectivity index (χ4v) is 2.00. The van der Waals surface area contributed by atoms with Crippen molar-refractivity contribution in [2.75, 3.05) is 5.32 Å². The number of aromatic nitrogens is 1. The lowest BCUT2D eigenvalue weighted by molar-refractivity contribution is 0.561. The van der Waals surface area contributed by atoms with Gasteiger partial charge in [-0.05, 0) is 36.4 Å². The van der Waals surface area contributed by atoms with Crippen LogP contribution in [-0.2, 0) is 6.54 Å². The molecule has 1 heterocycles. The van der Waals surface area contributed by atoms with Crippen LogP contribution in [0.4, 0.5) is 10.1 Å². The molecule has 0 aliphatic rings. The maximum Gasteiger partial charge on any atom is 0.229 e. The molecule has 0 bridgehead atoms. The third-order valence-electron chi connectivity index (χ3n) is 3.14. The van der Waals surface area contributed by atoms with Gasteiger partial charge in [-0.3, -0.25) is 0 Å². The summed E-state index contributed by atoms with van der Waals surface area (Å²) in [5, 5.41) is 11.9. The van der Waals surface area contributed by atoms with Crippen LogP contribution in [-0.4, -0.2) is 4.98 Å². The second-order valence-electron chi connectivity index (χ2n) is 4.67. The van der Waals surface area contributed by atoms with Crippen LogP contribution in [0.5, 0.6) is 0 Å². The van der Waals surface area contributed by atoms with Gasteiger partial charge in [0, 0.05) is 5.69 Å². The van der Waals surface area contributed by atoms with E-state index in [0.717, 1.165) is 5.69 Å². The van der Waals surface area contributed by atoms with E-state index in [0.29, 0.717) is 23.4 Å². The van der Waals surface area contributed by atoms with Gasteiger partial charge in [0.15, 0.2) is 0 Å². The summed E-state index contributed by atoms with van der Waals surface area (Å²) in [5.74, 6) is -0.106. The molecule has 0 aliphatic heterocycles. The predicted molar refractivity (Wildman–Crippen MR) is 80.4 cm³/mol. The van der Waals surface area contributed by atoms with E-state index in [9.17, 15) is 4.39 Å². The summed E-state index contributed by atoms with van der Waals surface area (Å²) in [7, 11) is 0. The molecule has 0 saturated carbocycles. The first-order chi connectivity index (χ1) is 10.8. The van der Waals surface area contributed by atoms with Crippen molar-refractivity contribution < 1.29 is 8.81 Å². The first-order valence-electron chi connectivity index (χ1n) is 6.69.